The van der Waals surface area contributed by atoms with Gasteiger partial charge in [0, 0.05) is 19.4 Å². The van der Waals surface area contributed by atoms with E-state index in [1.807, 2.05) is 42.5 Å². The van der Waals surface area contributed by atoms with Crippen molar-refractivity contribution in [3.05, 3.63) is 167 Å². The van der Waals surface area contributed by atoms with Crippen LogP contribution in [0.4, 0.5) is 4.79 Å². The maximum absolute atomic E-state index is 12.4. The van der Waals surface area contributed by atoms with E-state index in [1.54, 1.807) is 0 Å². The van der Waals surface area contributed by atoms with Crippen molar-refractivity contribution in [3.8, 4) is 11.1 Å². The van der Waals surface area contributed by atoms with E-state index in [4.69, 9.17) is 4.74 Å². The second-order valence-electron chi connectivity index (χ2n) is 13.1. The molecule has 0 saturated carbocycles. The fraction of sp³-hybridized carbons (Fsp3) is 0.250. The van der Waals surface area contributed by atoms with Gasteiger partial charge in [0.1, 0.15) is 6.61 Å². The Kier molecular flexibility index (Phi) is 12.5. The van der Waals surface area contributed by atoms with Crippen LogP contribution in [0, 0.1) is 0 Å². The lowest BCUT2D eigenvalue weighted by Crippen LogP contribution is -2.45. The zero-order valence-electron chi connectivity index (χ0n) is 29.4. The van der Waals surface area contributed by atoms with Crippen LogP contribution in [-0.2, 0) is 32.9 Å². The lowest BCUT2D eigenvalue weighted by atomic mass is 9.77. The number of carbonyl (C=O) groups excluding carboxylic acids is 3. The summed E-state index contributed by atoms with van der Waals surface area (Å²) in [4.78, 5) is 36.9. The van der Waals surface area contributed by atoms with Gasteiger partial charge in [-0.05, 0) is 70.3 Å². The Labute approximate surface area is 306 Å². The number of hydrazine groups is 1. The first-order valence-electron chi connectivity index (χ1n) is 18.1. The minimum Gasteiger partial charge on any atom is -0.443 e. The molecular formula is C44H46N4O4. The minimum atomic E-state index is -0.757. The Morgan fingerprint density at radius 2 is 1.12 bits per heavy atom. The summed E-state index contributed by atoms with van der Waals surface area (Å²) in [5, 5.41) is 6.82. The highest BCUT2D eigenvalue weighted by Gasteiger charge is 2.35. The summed E-state index contributed by atoms with van der Waals surface area (Å²) >= 11 is 0. The average molecular weight is 695 g/mol. The van der Waals surface area contributed by atoms with E-state index < -0.39 is 17.5 Å². The second-order valence-corrected chi connectivity index (χ2v) is 13.1. The van der Waals surface area contributed by atoms with E-state index >= 15 is 0 Å². The van der Waals surface area contributed by atoms with E-state index in [2.05, 4.69) is 112 Å². The van der Waals surface area contributed by atoms with Crippen LogP contribution < -0.4 is 21.5 Å². The summed E-state index contributed by atoms with van der Waals surface area (Å²) in [6, 6.07) is 46.0. The van der Waals surface area contributed by atoms with Gasteiger partial charge in [0.05, 0.1) is 5.54 Å². The molecule has 0 aliphatic heterocycles. The molecule has 0 saturated heterocycles. The molecule has 5 aromatic rings. The van der Waals surface area contributed by atoms with Crippen molar-refractivity contribution in [1.82, 2.24) is 21.5 Å². The summed E-state index contributed by atoms with van der Waals surface area (Å²) in [6.07, 6.45) is 3.85. The highest BCUT2D eigenvalue weighted by molar-refractivity contribution is 5.84. The summed E-state index contributed by atoms with van der Waals surface area (Å²) in [6.45, 7) is 1.47. The molecule has 8 heteroatoms. The molecule has 1 aliphatic rings. The Hall–Kier alpha value is -5.73. The lowest BCUT2D eigenvalue weighted by Gasteiger charge is -2.37. The van der Waals surface area contributed by atoms with Crippen LogP contribution in [0.1, 0.15) is 71.9 Å². The molecule has 0 atom stereocenters. The van der Waals surface area contributed by atoms with E-state index in [0.29, 0.717) is 6.54 Å². The second kappa shape index (κ2) is 18.0. The first-order valence-corrected chi connectivity index (χ1v) is 18.1. The third kappa shape index (κ3) is 8.94. The van der Waals surface area contributed by atoms with Gasteiger partial charge in [-0.1, -0.05) is 146 Å². The molecule has 0 spiro atoms. The maximum atomic E-state index is 12.4. The molecule has 1 aliphatic carbocycles. The SMILES string of the molecule is O=C(CCC(=O)NNC(=O)OCc1cccc2c1Cc1ccccc1-2)NCCCCCCNC(c1ccccc1)(c1ccccc1)c1ccccc1. The smallest absolute Gasteiger partial charge is 0.426 e. The molecule has 52 heavy (non-hydrogen) atoms. The van der Waals surface area contributed by atoms with E-state index in [-0.39, 0.29) is 25.4 Å². The van der Waals surface area contributed by atoms with Crippen LogP contribution in [0.15, 0.2) is 133 Å². The summed E-state index contributed by atoms with van der Waals surface area (Å²) in [7, 11) is 0. The van der Waals surface area contributed by atoms with Gasteiger partial charge < -0.3 is 10.1 Å². The summed E-state index contributed by atoms with van der Waals surface area (Å²) in [5.41, 5.74) is 13.4. The van der Waals surface area contributed by atoms with Crippen molar-refractivity contribution in [2.75, 3.05) is 13.1 Å². The minimum absolute atomic E-state index is 0.0315. The molecule has 0 radical (unpaired) electrons. The molecule has 0 bridgehead atoms. The van der Waals surface area contributed by atoms with Crippen LogP contribution in [-0.4, -0.2) is 31.0 Å². The van der Waals surface area contributed by atoms with Gasteiger partial charge in [-0.3, -0.25) is 20.3 Å². The van der Waals surface area contributed by atoms with Crippen LogP contribution in [0.3, 0.4) is 0 Å². The number of ether oxygens (including phenoxy) is 1. The summed E-state index contributed by atoms with van der Waals surface area (Å²) < 4.78 is 5.36. The molecule has 8 nitrogen and oxygen atoms in total. The first-order chi connectivity index (χ1) is 25.5. The molecule has 0 fully saturated rings. The highest BCUT2D eigenvalue weighted by Crippen LogP contribution is 2.39. The lowest BCUT2D eigenvalue weighted by molar-refractivity contribution is -0.126. The predicted octanol–water partition coefficient (Wildman–Crippen LogP) is 7.55. The largest absolute Gasteiger partial charge is 0.443 e. The number of hydrogen-bond acceptors (Lipinski definition) is 5. The molecule has 266 valence electrons. The monoisotopic (exact) mass is 694 g/mol. The van der Waals surface area contributed by atoms with Crippen molar-refractivity contribution >= 4 is 17.9 Å². The number of amides is 3. The van der Waals surface area contributed by atoms with Crippen molar-refractivity contribution in [2.45, 2.75) is 57.1 Å². The molecular weight excluding hydrogens is 649 g/mol. The Morgan fingerprint density at radius 1 is 0.558 bits per heavy atom. The van der Waals surface area contributed by atoms with Crippen molar-refractivity contribution in [3.63, 3.8) is 0 Å². The topological polar surface area (TPSA) is 109 Å². The first kappa shape index (κ1) is 36.1. The zero-order chi connectivity index (χ0) is 36.0. The van der Waals surface area contributed by atoms with Crippen LogP contribution in [0.2, 0.25) is 0 Å². The normalized spacial score (nSPS) is 11.6. The number of hydrogen-bond donors (Lipinski definition) is 4. The number of fused-ring (bicyclic) bond motifs is 3. The van der Waals surface area contributed by atoms with Crippen molar-refractivity contribution in [1.29, 1.82) is 0 Å². The predicted molar refractivity (Wildman–Crippen MR) is 204 cm³/mol. The number of benzene rings is 5. The van der Waals surface area contributed by atoms with Gasteiger partial charge in [-0.2, -0.15) is 0 Å². The van der Waals surface area contributed by atoms with Gasteiger partial charge >= 0.3 is 6.09 Å². The van der Waals surface area contributed by atoms with E-state index in [9.17, 15) is 14.4 Å². The molecule has 5 aromatic carbocycles. The number of unbranched alkanes of at least 4 members (excludes halogenated alkanes) is 3. The van der Waals surface area contributed by atoms with Crippen LogP contribution >= 0.6 is 0 Å². The van der Waals surface area contributed by atoms with Gasteiger partial charge in [0.15, 0.2) is 0 Å². The number of carbonyl (C=O) groups is 3. The van der Waals surface area contributed by atoms with Crippen molar-refractivity contribution < 1.29 is 19.1 Å². The van der Waals surface area contributed by atoms with Crippen molar-refractivity contribution in [2.24, 2.45) is 0 Å². The maximum Gasteiger partial charge on any atom is 0.426 e. The average Bonchev–Trinajstić information content (AvgIpc) is 3.58. The van der Waals surface area contributed by atoms with Gasteiger partial charge in [-0.25, -0.2) is 10.2 Å². The van der Waals surface area contributed by atoms with E-state index in [1.165, 1.54) is 27.8 Å². The van der Waals surface area contributed by atoms with Crippen LogP contribution in [0.5, 0.6) is 0 Å². The third-order valence-electron chi connectivity index (χ3n) is 9.63. The Bertz CT molecular complexity index is 1840. The zero-order valence-corrected chi connectivity index (χ0v) is 29.4. The molecule has 0 heterocycles. The fourth-order valence-electron chi connectivity index (χ4n) is 7.01. The quantitative estimate of drug-likeness (QED) is 0.0476. The van der Waals surface area contributed by atoms with Gasteiger partial charge in [0.25, 0.3) is 0 Å². The Balaban J connectivity index is 0.859. The van der Waals surface area contributed by atoms with Gasteiger partial charge in [0.2, 0.25) is 11.8 Å². The van der Waals surface area contributed by atoms with Crippen LogP contribution in [0.25, 0.3) is 11.1 Å². The molecule has 4 N–H and O–H groups in total. The molecule has 0 aromatic heterocycles. The third-order valence-corrected chi connectivity index (χ3v) is 9.63. The highest BCUT2D eigenvalue weighted by atomic mass is 16.6. The number of rotatable bonds is 16. The molecule has 6 rings (SSSR count). The standard InChI is InChI=1S/C44H46N4O4/c49-41(27-28-42(50)47-48-43(51)52-32-34-18-16-26-39-38-25-13-12-17-33(38)31-40(34)39)45-29-14-1-2-15-30-46-44(35-19-6-3-7-20-35,36-21-8-4-9-22-36)37-23-10-5-11-24-37/h3-13,16-26,46H,1-2,14-15,27-32H2,(H,45,49)(H,47,50)(H,48,51). The molecule has 0 unspecified atom stereocenters. The van der Waals surface area contributed by atoms with Gasteiger partial charge in [-0.15, -0.1) is 0 Å². The summed E-state index contributed by atoms with van der Waals surface area (Å²) in [5.74, 6) is -0.662. The fourth-order valence-corrected chi connectivity index (χ4v) is 7.01. The Morgan fingerprint density at radius 3 is 1.77 bits per heavy atom. The molecule has 3 amide bonds. The van der Waals surface area contributed by atoms with E-state index in [0.717, 1.165) is 55.3 Å². The number of nitrogens with one attached hydrogen (secondary N) is 4.